The highest BCUT2D eigenvalue weighted by atomic mass is 16.1. The van der Waals surface area contributed by atoms with E-state index in [1.165, 1.54) is 18.4 Å². The smallest absolute Gasteiger partial charge is 0.255 e. The van der Waals surface area contributed by atoms with E-state index in [0.717, 1.165) is 36.8 Å². The molecule has 0 radical (unpaired) electrons. The van der Waals surface area contributed by atoms with Crippen LogP contribution >= 0.6 is 0 Å². The number of nitrogens with zero attached hydrogens (tertiary/aromatic N) is 1. The van der Waals surface area contributed by atoms with Crippen molar-refractivity contribution in [1.82, 2.24) is 0 Å². The quantitative estimate of drug-likeness (QED) is 0.882. The largest absolute Gasteiger partial charge is 0.370 e. The van der Waals surface area contributed by atoms with Crippen molar-refractivity contribution in [1.29, 1.82) is 0 Å². The molecule has 2 aromatic carbocycles. The number of carbonyl (C=O) groups excluding carboxylic acids is 1. The van der Waals surface area contributed by atoms with E-state index < -0.39 is 0 Å². The fourth-order valence-electron chi connectivity index (χ4n) is 3.19. The molecule has 0 atom stereocenters. The van der Waals surface area contributed by atoms with E-state index in [1.807, 2.05) is 42.5 Å². The molecule has 1 heterocycles. The van der Waals surface area contributed by atoms with Crippen molar-refractivity contribution < 1.29 is 4.79 Å². The van der Waals surface area contributed by atoms with Crippen LogP contribution in [0, 0.1) is 5.92 Å². The van der Waals surface area contributed by atoms with Gasteiger partial charge in [-0.2, -0.15) is 0 Å². The summed E-state index contributed by atoms with van der Waals surface area (Å²) in [5.74, 6) is 0.746. The molecule has 0 spiro atoms. The van der Waals surface area contributed by atoms with Crippen molar-refractivity contribution in [3.63, 3.8) is 0 Å². The van der Waals surface area contributed by atoms with Gasteiger partial charge in [0.15, 0.2) is 0 Å². The molecular formula is C21H26N2O. The zero-order valence-corrected chi connectivity index (χ0v) is 14.6. The molecule has 0 bridgehead atoms. The lowest BCUT2D eigenvalue weighted by Gasteiger charge is -2.33. The minimum Gasteiger partial charge on any atom is -0.370 e. The Labute approximate surface area is 144 Å². The second-order valence-corrected chi connectivity index (χ2v) is 6.69. The fraction of sp³-hybridized carbons (Fsp3) is 0.381. The van der Waals surface area contributed by atoms with Crippen molar-refractivity contribution in [2.75, 3.05) is 23.3 Å². The molecule has 2 aromatic rings. The van der Waals surface area contributed by atoms with Crippen LogP contribution in [0.15, 0.2) is 48.5 Å². The molecule has 1 aliphatic rings. The number of anilines is 2. The molecule has 1 saturated heterocycles. The van der Waals surface area contributed by atoms with Gasteiger partial charge in [0, 0.05) is 18.7 Å². The van der Waals surface area contributed by atoms with Crippen LogP contribution in [-0.2, 0) is 6.42 Å². The van der Waals surface area contributed by atoms with Crippen LogP contribution in [0.1, 0.15) is 42.6 Å². The van der Waals surface area contributed by atoms with Gasteiger partial charge >= 0.3 is 0 Å². The molecule has 3 heteroatoms. The van der Waals surface area contributed by atoms with Gasteiger partial charge in [-0.25, -0.2) is 0 Å². The van der Waals surface area contributed by atoms with Gasteiger partial charge in [0.2, 0.25) is 0 Å². The van der Waals surface area contributed by atoms with Crippen LogP contribution in [-0.4, -0.2) is 19.0 Å². The first kappa shape index (κ1) is 16.6. The molecular weight excluding hydrogens is 296 g/mol. The van der Waals surface area contributed by atoms with Crippen LogP contribution in [0.25, 0.3) is 0 Å². The maximum atomic E-state index is 12.6. The molecule has 1 aliphatic heterocycles. The Kier molecular flexibility index (Phi) is 5.19. The molecule has 1 N–H and O–H groups in total. The molecule has 3 nitrogen and oxygen atoms in total. The summed E-state index contributed by atoms with van der Waals surface area (Å²) in [7, 11) is 0. The van der Waals surface area contributed by atoms with Gasteiger partial charge in [0.25, 0.3) is 5.91 Å². The first-order chi connectivity index (χ1) is 11.7. The average molecular weight is 322 g/mol. The van der Waals surface area contributed by atoms with Gasteiger partial charge in [-0.15, -0.1) is 0 Å². The highest BCUT2D eigenvalue weighted by molar-refractivity contribution is 6.06. The Morgan fingerprint density at radius 1 is 1.08 bits per heavy atom. The minimum absolute atomic E-state index is 0.0459. The van der Waals surface area contributed by atoms with Gasteiger partial charge in [0.05, 0.1) is 11.4 Å². The Bertz CT molecular complexity index is 685. The van der Waals surface area contributed by atoms with Gasteiger partial charge in [-0.3, -0.25) is 4.79 Å². The van der Waals surface area contributed by atoms with Gasteiger partial charge in [0.1, 0.15) is 0 Å². The number of hydrogen-bond acceptors (Lipinski definition) is 2. The van der Waals surface area contributed by atoms with Crippen molar-refractivity contribution in [3.8, 4) is 0 Å². The number of piperidine rings is 1. The molecule has 126 valence electrons. The van der Waals surface area contributed by atoms with Gasteiger partial charge < -0.3 is 10.2 Å². The third-order valence-electron chi connectivity index (χ3n) is 4.90. The van der Waals surface area contributed by atoms with E-state index in [9.17, 15) is 4.79 Å². The summed E-state index contributed by atoms with van der Waals surface area (Å²) in [6.07, 6.45) is 3.40. The number of aryl methyl sites for hydroxylation is 1. The Morgan fingerprint density at radius 2 is 1.75 bits per heavy atom. The van der Waals surface area contributed by atoms with E-state index in [0.29, 0.717) is 5.56 Å². The predicted molar refractivity (Wildman–Crippen MR) is 101 cm³/mol. The van der Waals surface area contributed by atoms with Crippen LogP contribution in [0.4, 0.5) is 11.4 Å². The maximum Gasteiger partial charge on any atom is 0.255 e. The fourth-order valence-corrected chi connectivity index (χ4v) is 3.19. The maximum absolute atomic E-state index is 12.6. The summed E-state index contributed by atoms with van der Waals surface area (Å²) in [6.45, 7) is 6.54. The zero-order valence-electron chi connectivity index (χ0n) is 14.6. The van der Waals surface area contributed by atoms with Crippen LogP contribution < -0.4 is 10.2 Å². The number of benzene rings is 2. The SMILES string of the molecule is CCc1ccc(C(=O)Nc2ccccc2N2CCC(C)CC2)cc1. The van der Waals surface area contributed by atoms with E-state index in [-0.39, 0.29) is 5.91 Å². The Balaban J connectivity index is 1.75. The lowest BCUT2D eigenvalue weighted by Crippen LogP contribution is -2.33. The minimum atomic E-state index is -0.0459. The van der Waals surface area contributed by atoms with E-state index >= 15 is 0 Å². The highest BCUT2D eigenvalue weighted by Gasteiger charge is 2.19. The summed E-state index contributed by atoms with van der Waals surface area (Å²) in [4.78, 5) is 15.0. The van der Waals surface area contributed by atoms with E-state index in [2.05, 4.69) is 30.1 Å². The zero-order chi connectivity index (χ0) is 16.9. The number of para-hydroxylation sites is 2. The summed E-state index contributed by atoms with van der Waals surface area (Å²) in [5, 5.41) is 3.09. The highest BCUT2D eigenvalue weighted by Crippen LogP contribution is 2.30. The van der Waals surface area contributed by atoms with Crippen LogP contribution in [0.3, 0.4) is 0 Å². The number of amides is 1. The Morgan fingerprint density at radius 3 is 2.42 bits per heavy atom. The van der Waals surface area contributed by atoms with Crippen molar-refractivity contribution in [2.24, 2.45) is 5.92 Å². The predicted octanol–water partition coefficient (Wildman–Crippen LogP) is 4.74. The van der Waals surface area contributed by atoms with Crippen LogP contribution in [0.5, 0.6) is 0 Å². The molecule has 3 rings (SSSR count). The standard InChI is InChI=1S/C21H26N2O/c1-3-17-8-10-18(11-9-17)21(24)22-19-6-4-5-7-20(19)23-14-12-16(2)13-15-23/h4-11,16H,3,12-15H2,1-2H3,(H,22,24). The summed E-state index contributed by atoms with van der Waals surface area (Å²) >= 11 is 0. The number of carbonyl (C=O) groups is 1. The molecule has 1 fully saturated rings. The third kappa shape index (κ3) is 3.78. The number of nitrogens with one attached hydrogen (secondary N) is 1. The lowest BCUT2D eigenvalue weighted by atomic mass is 9.98. The summed E-state index contributed by atoms with van der Waals surface area (Å²) in [6, 6.07) is 16.0. The average Bonchev–Trinajstić information content (AvgIpc) is 2.63. The second kappa shape index (κ2) is 7.52. The normalized spacial score (nSPS) is 15.3. The van der Waals surface area contributed by atoms with Crippen LogP contribution in [0.2, 0.25) is 0 Å². The molecule has 0 unspecified atom stereocenters. The Hall–Kier alpha value is -2.29. The number of rotatable bonds is 4. The molecule has 0 saturated carbocycles. The van der Waals surface area contributed by atoms with Crippen molar-refractivity contribution >= 4 is 17.3 Å². The molecule has 1 amide bonds. The molecule has 0 aliphatic carbocycles. The summed E-state index contributed by atoms with van der Waals surface area (Å²) < 4.78 is 0. The lowest BCUT2D eigenvalue weighted by molar-refractivity contribution is 0.102. The monoisotopic (exact) mass is 322 g/mol. The second-order valence-electron chi connectivity index (χ2n) is 6.69. The van der Waals surface area contributed by atoms with Crippen molar-refractivity contribution in [2.45, 2.75) is 33.1 Å². The van der Waals surface area contributed by atoms with Crippen molar-refractivity contribution in [3.05, 3.63) is 59.7 Å². The summed E-state index contributed by atoms with van der Waals surface area (Å²) in [5.41, 5.74) is 3.98. The first-order valence-corrected chi connectivity index (χ1v) is 8.91. The van der Waals surface area contributed by atoms with E-state index in [4.69, 9.17) is 0 Å². The first-order valence-electron chi connectivity index (χ1n) is 8.91. The van der Waals surface area contributed by atoms with Gasteiger partial charge in [-0.05, 0) is 55.0 Å². The van der Waals surface area contributed by atoms with E-state index in [1.54, 1.807) is 0 Å². The topological polar surface area (TPSA) is 32.3 Å². The molecule has 0 aromatic heterocycles. The molecule has 24 heavy (non-hydrogen) atoms. The van der Waals surface area contributed by atoms with Gasteiger partial charge in [-0.1, -0.05) is 38.1 Å². The number of hydrogen-bond donors (Lipinski definition) is 1. The third-order valence-corrected chi connectivity index (χ3v) is 4.90.